The Bertz CT molecular complexity index is 1530. The van der Waals surface area contributed by atoms with E-state index in [-0.39, 0.29) is 18.2 Å². The summed E-state index contributed by atoms with van der Waals surface area (Å²) in [6.45, 7) is 9.13. The molecule has 3 N–H and O–H groups in total. The SMILES string of the molecule is C[C@H](C(=O)N1CCC(CCn2cnc(=N)c3[nH]c(Sc4cc5c(cc4Br)OCO5)nc32)CC1)N(C(=O)O)C(C)(C)C. The first kappa shape index (κ1) is 29.2. The number of aromatic nitrogens is 4. The molecule has 2 aliphatic heterocycles. The molecule has 41 heavy (non-hydrogen) atoms. The lowest BCUT2D eigenvalue weighted by Crippen LogP contribution is -2.57. The summed E-state index contributed by atoms with van der Waals surface area (Å²) in [5.41, 5.74) is 0.701. The summed E-state index contributed by atoms with van der Waals surface area (Å²) < 4.78 is 13.8. The van der Waals surface area contributed by atoms with Crippen LogP contribution in [0, 0.1) is 11.3 Å². The van der Waals surface area contributed by atoms with Gasteiger partial charge in [0.15, 0.2) is 27.8 Å². The molecule has 2 amide bonds. The van der Waals surface area contributed by atoms with Crippen molar-refractivity contribution in [2.45, 2.75) is 75.1 Å². The zero-order valence-corrected chi connectivity index (χ0v) is 25.8. The minimum absolute atomic E-state index is 0.131. The molecule has 0 spiro atoms. The third kappa shape index (κ3) is 6.17. The number of imidazole rings is 1. The molecule has 2 aromatic heterocycles. The molecular formula is C27H34BrN7O5S. The van der Waals surface area contributed by atoms with Crippen LogP contribution in [0.4, 0.5) is 4.79 Å². The molecule has 5 rings (SSSR count). The number of halogens is 1. The average Bonchev–Trinajstić information content (AvgIpc) is 3.54. The zero-order valence-electron chi connectivity index (χ0n) is 23.4. The van der Waals surface area contributed by atoms with Crippen LogP contribution in [-0.2, 0) is 11.3 Å². The molecule has 0 radical (unpaired) electrons. The summed E-state index contributed by atoms with van der Waals surface area (Å²) >= 11 is 5.01. The highest BCUT2D eigenvalue weighted by Gasteiger charge is 2.37. The van der Waals surface area contributed by atoms with E-state index >= 15 is 0 Å². The van der Waals surface area contributed by atoms with Crippen LogP contribution >= 0.6 is 27.7 Å². The average molecular weight is 649 g/mol. The minimum Gasteiger partial charge on any atom is -0.465 e. The van der Waals surface area contributed by atoms with E-state index in [4.69, 9.17) is 19.9 Å². The van der Waals surface area contributed by atoms with Crippen LogP contribution in [0.5, 0.6) is 11.5 Å². The van der Waals surface area contributed by atoms with E-state index in [2.05, 4.69) is 25.9 Å². The molecule has 0 bridgehead atoms. The number of benzene rings is 1. The van der Waals surface area contributed by atoms with Crippen molar-refractivity contribution in [2.24, 2.45) is 5.92 Å². The Hall–Kier alpha value is -3.26. The second-order valence-electron chi connectivity index (χ2n) is 11.3. The maximum Gasteiger partial charge on any atom is 0.408 e. The largest absolute Gasteiger partial charge is 0.465 e. The van der Waals surface area contributed by atoms with Gasteiger partial charge in [0.1, 0.15) is 11.6 Å². The smallest absolute Gasteiger partial charge is 0.408 e. The van der Waals surface area contributed by atoms with Gasteiger partial charge < -0.3 is 29.0 Å². The highest BCUT2D eigenvalue weighted by atomic mass is 79.9. The van der Waals surface area contributed by atoms with E-state index in [1.807, 2.05) is 16.7 Å². The number of aryl methyl sites for hydroxylation is 1. The first-order chi connectivity index (χ1) is 19.4. The van der Waals surface area contributed by atoms with Gasteiger partial charge in [0.2, 0.25) is 12.7 Å². The van der Waals surface area contributed by atoms with Gasteiger partial charge in [-0.2, -0.15) is 0 Å². The van der Waals surface area contributed by atoms with Crippen molar-refractivity contribution in [3.8, 4) is 11.5 Å². The number of fused-ring (bicyclic) bond motifs is 2. The van der Waals surface area contributed by atoms with Crippen molar-refractivity contribution in [3.63, 3.8) is 0 Å². The first-order valence-corrected chi connectivity index (χ1v) is 15.1. The van der Waals surface area contributed by atoms with Gasteiger partial charge >= 0.3 is 6.09 Å². The topological polar surface area (TPSA) is 150 Å². The summed E-state index contributed by atoms with van der Waals surface area (Å²) in [6.07, 6.45) is 3.13. The molecule has 14 heteroatoms. The fraction of sp³-hybridized carbons (Fsp3) is 0.519. The van der Waals surface area contributed by atoms with Crippen molar-refractivity contribution < 1.29 is 24.2 Å². The van der Waals surface area contributed by atoms with Crippen molar-refractivity contribution >= 4 is 50.9 Å². The minimum atomic E-state index is -1.09. The number of likely N-dealkylation sites (tertiary alicyclic amines) is 1. The van der Waals surface area contributed by atoms with Gasteiger partial charge in [0, 0.05) is 34.5 Å². The molecule has 0 aliphatic carbocycles. The van der Waals surface area contributed by atoms with Crippen molar-refractivity contribution in [1.82, 2.24) is 29.3 Å². The maximum atomic E-state index is 13.1. The van der Waals surface area contributed by atoms with E-state index in [1.165, 1.54) is 16.7 Å². The van der Waals surface area contributed by atoms with Gasteiger partial charge in [0.25, 0.3) is 0 Å². The Kier molecular flexibility index (Phi) is 8.24. The lowest BCUT2D eigenvalue weighted by molar-refractivity contribution is -0.139. The number of aromatic amines is 1. The number of piperidine rings is 1. The number of hydrogen-bond acceptors (Lipinski definition) is 8. The van der Waals surface area contributed by atoms with Gasteiger partial charge in [0.05, 0.1) is 6.33 Å². The van der Waals surface area contributed by atoms with Gasteiger partial charge in [-0.15, -0.1) is 0 Å². The molecule has 3 aromatic rings. The highest BCUT2D eigenvalue weighted by Crippen LogP contribution is 2.42. The Balaban J connectivity index is 1.22. The summed E-state index contributed by atoms with van der Waals surface area (Å²) in [5.74, 6) is 1.63. The second kappa shape index (κ2) is 11.6. The monoisotopic (exact) mass is 647 g/mol. The van der Waals surface area contributed by atoms with Crippen LogP contribution in [0.1, 0.15) is 47.0 Å². The van der Waals surface area contributed by atoms with Crippen LogP contribution < -0.4 is 15.0 Å². The number of amides is 2. The number of ether oxygens (including phenoxy) is 2. The summed E-state index contributed by atoms with van der Waals surface area (Å²) in [6, 6.07) is 3.03. The van der Waals surface area contributed by atoms with E-state index in [1.54, 1.807) is 38.9 Å². The molecule has 1 fully saturated rings. The van der Waals surface area contributed by atoms with E-state index < -0.39 is 17.7 Å². The molecule has 4 heterocycles. The molecule has 1 saturated heterocycles. The van der Waals surface area contributed by atoms with Crippen LogP contribution in [0.3, 0.4) is 0 Å². The lowest BCUT2D eigenvalue weighted by Gasteiger charge is -2.40. The third-order valence-corrected chi connectivity index (χ3v) is 9.37. The lowest BCUT2D eigenvalue weighted by atomic mass is 9.93. The van der Waals surface area contributed by atoms with Crippen LogP contribution in [0.25, 0.3) is 11.2 Å². The zero-order chi connectivity index (χ0) is 29.5. The Labute approximate surface area is 250 Å². The number of carboxylic acid groups (broad SMARTS) is 1. The number of carbonyl (C=O) groups is 2. The molecule has 1 atom stereocenters. The quantitative estimate of drug-likeness (QED) is 0.335. The predicted octanol–water partition coefficient (Wildman–Crippen LogP) is 4.68. The number of rotatable bonds is 7. The summed E-state index contributed by atoms with van der Waals surface area (Å²) in [4.78, 5) is 41.2. The van der Waals surface area contributed by atoms with Crippen LogP contribution in [0.15, 0.2) is 33.0 Å². The fourth-order valence-electron chi connectivity index (χ4n) is 5.43. The number of H-pyrrole nitrogens is 1. The standard InChI is InChI=1S/C27H34BrN7O5S/c1-15(35(26(37)38)27(2,3)4)24(36)33-8-5-16(6-9-33)7-10-34-13-30-22(29)21-23(34)32-25(31-21)41-20-12-19-18(11-17(20)28)39-14-40-19/h11-13,15-16,29H,5-10,14H2,1-4H3,(H,31,32)(H,37,38)/t15-/m1/s1. The highest BCUT2D eigenvalue weighted by molar-refractivity contribution is 9.10. The van der Waals surface area contributed by atoms with E-state index in [9.17, 15) is 14.7 Å². The molecule has 0 unspecified atom stereocenters. The van der Waals surface area contributed by atoms with Crippen molar-refractivity contribution in [1.29, 1.82) is 5.41 Å². The van der Waals surface area contributed by atoms with Gasteiger partial charge in [-0.25, -0.2) is 14.8 Å². The second-order valence-corrected chi connectivity index (χ2v) is 13.2. The normalized spacial score (nSPS) is 16.3. The van der Waals surface area contributed by atoms with Crippen LogP contribution in [-0.4, -0.2) is 77.9 Å². The Morgan fingerprint density at radius 2 is 1.95 bits per heavy atom. The first-order valence-electron chi connectivity index (χ1n) is 13.5. The molecular weight excluding hydrogens is 614 g/mol. The molecule has 0 saturated carbocycles. The van der Waals surface area contributed by atoms with E-state index in [0.717, 1.165) is 28.6 Å². The van der Waals surface area contributed by atoms with Gasteiger partial charge in [-0.1, -0.05) is 11.8 Å². The molecule has 220 valence electrons. The number of carbonyl (C=O) groups excluding carboxylic acids is 1. The number of nitrogens with one attached hydrogen (secondary N) is 2. The molecule has 2 aliphatic rings. The van der Waals surface area contributed by atoms with E-state index in [0.29, 0.717) is 53.4 Å². The number of nitrogens with zero attached hydrogens (tertiary/aromatic N) is 5. The third-order valence-electron chi connectivity index (χ3n) is 7.51. The predicted molar refractivity (Wildman–Crippen MR) is 155 cm³/mol. The Morgan fingerprint density at radius 1 is 1.27 bits per heavy atom. The fourth-order valence-corrected chi connectivity index (χ4v) is 6.81. The summed E-state index contributed by atoms with van der Waals surface area (Å²) in [5, 5.41) is 18.6. The maximum absolute atomic E-state index is 13.1. The van der Waals surface area contributed by atoms with Crippen molar-refractivity contribution in [3.05, 3.63) is 28.4 Å². The van der Waals surface area contributed by atoms with Gasteiger partial charge in [-0.05, 0) is 80.9 Å². The van der Waals surface area contributed by atoms with Crippen LogP contribution in [0.2, 0.25) is 0 Å². The number of hydrogen-bond donors (Lipinski definition) is 3. The molecule has 1 aromatic carbocycles. The molecule has 12 nitrogen and oxygen atoms in total. The summed E-state index contributed by atoms with van der Waals surface area (Å²) in [7, 11) is 0. The van der Waals surface area contributed by atoms with Crippen molar-refractivity contribution in [2.75, 3.05) is 19.9 Å². The van der Waals surface area contributed by atoms with Gasteiger partial charge in [-0.3, -0.25) is 15.1 Å². The Morgan fingerprint density at radius 3 is 2.61 bits per heavy atom.